The molecule has 0 bridgehead atoms. The van der Waals surface area contributed by atoms with E-state index in [2.05, 4.69) is 12.2 Å². The Morgan fingerprint density at radius 3 is 2.35 bits per heavy atom. The molecule has 0 aliphatic heterocycles. The number of ether oxygens (including phenoxy) is 1. The summed E-state index contributed by atoms with van der Waals surface area (Å²) in [6.45, 7) is 3.98. The molecule has 0 fully saturated rings. The van der Waals surface area contributed by atoms with E-state index in [1.165, 1.54) is 5.56 Å². The van der Waals surface area contributed by atoms with Crippen molar-refractivity contribution < 1.29 is 4.74 Å². The van der Waals surface area contributed by atoms with Crippen molar-refractivity contribution in [3.8, 4) is 5.75 Å². The van der Waals surface area contributed by atoms with Gasteiger partial charge >= 0.3 is 0 Å². The van der Waals surface area contributed by atoms with Crippen LogP contribution in [0.15, 0.2) is 66.4 Å². The third kappa shape index (κ3) is 4.21. The van der Waals surface area contributed by atoms with Crippen LogP contribution in [0.2, 0.25) is 0 Å². The molecule has 0 saturated heterocycles. The monoisotopic (exact) mass is 283 g/mol. The van der Waals surface area contributed by atoms with Gasteiger partial charge < -0.3 is 10.1 Å². The highest BCUT2D eigenvalue weighted by Crippen LogP contribution is 2.13. The quantitative estimate of drug-likeness (QED) is 0.498. The Balaban J connectivity index is 1.96. The fraction of sp³-hybridized carbons (Fsp3) is 0.118. The number of rotatable bonds is 4. The van der Waals surface area contributed by atoms with Crippen molar-refractivity contribution in [2.45, 2.75) is 13.8 Å². The first kappa shape index (κ1) is 14.3. The molecular weight excluding hydrogens is 266 g/mol. The number of thiocarbonyl (C=S) groups is 1. The van der Waals surface area contributed by atoms with Gasteiger partial charge in [-0.3, -0.25) is 0 Å². The zero-order valence-electron chi connectivity index (χ0n) is 11.6. The summed E-state index contributed by atoms with van der Waals surface area (Å²) in [7, 11) is 0. The summed E-state index contributed by atoms with van der Waals surface area (Å²) in [4.78, 5) is 0.657. The molecule has 2 aromatic rings. The third-order valence-corrected chi connectivity index (χ3v) is 3.21. The summed E-state index contributed by atoms with van der Waals surface area (Å²) in [6, 6.07) is 17.7. The fourth-order valence-corrected chi connectivity index (χ4v) is 1.74. The molecule has 0 spiro atoms. The predicted molar refractivity (Wildman–Crippen MR) is 88.2 cm³/mol. The lowest BCUT2D eigenvalue weighted by molar-refractivity contribution is 0.478. The lowest BCUT2D eigenvalue weighted by Crippen LogP contribution is -2.10. The van der Waals surface area contributed by atoms with E-state index in [4.69, 9.17) is 17.0 Å². The first-order chi connectivity index (χ1) is 9.65. The van der Waals surface area contributed by atoms with Gasteiger partial charge in [0.05, 0.1) is 6.26 Å². The molecule has 0 unspecified atom stereocenters. The molecule has 0 saturated carbocycles. The molecule has 3 heteroatoms. The van der Waals surface area contributed by atoms with Crippen molar-refractivity contribution in [1.29, 1.82) is 0 Å². The number of hydrogen-bond acceptors (Lipinski definition) is 2. The number of benzene rings is 2. The van der Waals surface area contributed by atoms with Crippen molar-refractivity contribution in [2.24, 2.45) is 0 Å². The normalized spacial score (nSPS) is 11.0. The second kappa shape index (κ2) is 6.87. The van der Waals surface area contributed by atoms with Gasteiger partial charge in [0.1, 0.15) is 10.7 Å². The lowest BCUT2D eigenvalue weighted by atomic mass is 10.2. The van der Waals surface area contributed by atoms with Crippen LogP contribution in [-0.4, -0.2) is 4.99 Å². The number of hydrogen-bond donors (Lipinski definition) is 1. The zero-order valence-corrected chi connectivity index (χ0v) is 12.4. The highest BCUT2D eigenvalue weighted by Gasteiger charge is 2.01. The second-order valence-corrected chi connectivity index (χ2v) is 4.96. The number of para-hydroxylation sites is 1. The fourth-order valence-electron chi connectivity index (χ4n) is 1.58. The maximum absolute atomic E-state index is 5.56. The van der Waals surface area contributed by atoms with Crippen LogP contribution >= 0.6 is 12.2 Å². The smallest absolute Gasteiger partial charge is 0.126 e. The van der Waals surface area contributed by atoms with Crippen LogP contribution in [-0.2, 0) is 0 Å². The van der Waals surface area contributed by atoms with Gasteiger partial charge in [0.15, 0.2) is 0 Å². The van der Waals surface area contributed by atoms with Crippen molar-refractivity contribution in [1.82, 2.24) is 0 Å². The summed E-state index contributed by atoms with van der Waals surface area (Å²) in [5.74, 6) is 0.796. The molecule has 0 atom stereocenters. The Morgan fingerprint density at radius 2 is 1.70 bits per heavy atom. The van der Waals surface area contributed by atoms with Crippen molar-refractivity contribution >= 4 is 22.9 Å². The van der Waals surface area contributed by atoms with E-state index in [0.717, 1.165) is 17.0 Å². The van der Waals surface area contributed by atoms with E-state index in [1.54, 1.807) is 6.26 Å². The summed E-state index contributed by atoms with van der Waals surface area (Å²) >= 11 is 5.35. The summed E-state index contributed by atoms with van der Waals surface area (Å²) in [6.07, 6.45) is 1.67. The van der Waals surface area contributed by atoms with E-state index in [9.17, 15) is 0 Å². The summed E-state index contributed by atoms with van der Waals surface area (Å²) < 4.78 is 5.56. The molecule has 1 N–H and O–H groups in total. The van der Waals surface area contributed by atoms with Crippen molar-refractivity contribution in [3.63, 3.8) is 0 Å². The topological polar surface area (TPSA) is 21.3 Å². The molecule has 0 aromatic heterocycles. The summed E-state index contributed by atoms with van der Waals surface area (Å²) in [5.41, 5.74) is 3.08. The molecule has 0 heterocycles. The van der Waals surface area contributed by atoms with Crippen LogP contribution in [0.5, 0.6) is 5.75 Å². The van der Waals surface area contributed by atoms with Crippen LogP contribution in [0.1, 0.15) is 12.5 Å². The molecule has 0 amide bonds. The van der Waals surface area contributed by atoms with E-state index < -0.39 is 0 Å². The lowest BCUT2D eigenvalue weighted by Gasteiger charge is -2.09. The maximum Gasteiger partial charge on any atom is 0.126 e. The molecular formula is C17H17NOS. The largest absolute Gasteiger partial charge is 0.465 e. The molecule has 102 valence electrons. The standard InChI is InChI=1S/C17H17NOS/c1-13-8-10-15(11-9-13)18-17(20)14(2)12-19-16-6-4-3-5-7-16/h3-12H,1-2H3,(H,18,20)/b14-12+. The van der Waals surface area contributed by atoms with E-state index >= 15 is 0 Å². The molecule has 2 nitrogen and oxygen atoms in total. The van der Waals surface area contributed by atoms with E-state index in [0.29, 0.717) is 4.99 Å². The van der Waals surface area contributed by atoms with Crippen LogP contribution < -0.4 is 10.1 Å². The Labute approximate surface area is 125 Å². The minimum atomic E-state index is 0.657. The minimum absolute atomic E-state index is 0.657. The highest BCUT2D eigenvalue weighted by atomic mass is 32.1. The van der Waals surface area contributed by atoms with Gasteiger partial charge in [-0.25, -0.2) is 0 Å². The molecule has 0 radical (unpaired) electrons. The Hall–Kier alpha value is -2.13. The number of anilines is 1. The van der Waals surface area contributed by atoms with Crippen LogP contribution in [0.4, 0.5) is 5.69 Å². The predicted octanol–water partition coefficient (Wildman–Crippen LogP) is 4.72. The molecule has 0 aliphatic carbocycles. The maximum atomic E-state index is 5.56. The zero-order chi connectivity index (χ0) is 14.4. The summed E-state index contributed by atoms with van der Waals surface area (Å²) in [5, 5.41) is 3.19. The van der Waals surface area contributed by atoms with Gasteiger partial charge in [0.25, 0.3) is 0 Å². The Kier molecular flexibility index (Phi) is 4.91. The highest BCUT2D eigenvalue weighted by molar-refractivity contribution is 7.81. The minimum Gasteiger partial charge on any atom is -0.465 e. The van der Waals surface area contributed by atoms with Gasteiger partial charge in [0, 0.05) is 11.3 Å². The Bertz CT molecular complexity index is 603. The molecule has 2 rings (SSSR count). The van der Waals surface area contributed by atoms with E-state index in [1.807, 2.05) is 61.5 Å². The van der Waals surface area contributed by atoms with Gasteiger partial charge in [-0.1, -0.05) is 48.1 Å². The first-order valence-electron chi connectivity index (χ1n) is 6.41. The van der Waals surface area contributed by atoms with Crippen LogP contribution in [0, 0.1) is 6.92 Å². The average molecular weight is 283 g/mol. The van der Waals surface area contributed by atoms with Crippen LogP contribution in [0.3, 0.4) is 0 Å². The van der Waals surface area contributed by atoms with Crippen molar-refractivity contribution in [2.75, 3.05) is 5.32 Å². The van der Waals surface area contributed by atoms with Gasteiger partial charge in [-0.2, -0.15) is 0 Å². The van der Waals surface area contributed by atoms with Crippen molar-refractivity contribution in [3.05, 3.63) is 72.0 Å². The van der Waals surface area contributed by atoms with E-state index in [-0.39, 0.29) is 0 Å². The van der Waals surface area contributed by atoms with Gasteiger partial charge in [-0.05, 0) is 38.1 Å². The average Bonchev–Trinajstić information content (AvgIpc) is 2.48. The number of aryl methyl sites for hydroxylation is 1. The number of nitrogens with one attached hydrogen (secondary N) is 1. The molecule has 20 heavy (non-hydrogen) atoms. The van der Waals surface area contributed by atoms with Gasteiger partial charge in [0.2, 0.25) is 0 Å². The van der Waals surface area contributed by atoms with Crippen LogP contribution in [0.25, 0.3) is 0 Å². The first-order valence-corrected chi connectivity index (χ1v) is 6.82. The molecule has 2 aromatic carbocycles. The second-order valence-electron chi connectivity index (χ2n) is 4.55. The SMILES string of the molecule is C/C(=C\Oc1ccccc1)C(=S)Nc1ccc(C)cc1. The third-order valence-electron chi connectivity index (χ3n) is 2.78. The van der Waals surface area contributed by atoms with Gasteiger partial charge in [-0.15, -0.1) is 0 Å². The molecule has 0 aliphatic rings. The Morgan fingerprint density at radius 1 is 1.05 bits per heavy atom.